The Kier molecular flexibility index (Phi) is 3.67. The summed E-state index contributed by atoms with van der Waals surface area (Å²) in [5.41, 5.74) is 1.23. The van der Waals surface area contributed by atoms with Gasteiger partial charge < -0.3 is 5.32 Å². The Morgan fingerprint density at radius 2 is 2.24 bits per heavy atom. The number of thiazole rings is 1. The van der Waals surface area contributed by atoms with Crippen molar-refractivity contribution in [3.63, 3.8) is 0 Å². The van der Waals surface area contributed by atoms with E-state index >= 15 is 0 Å². The quantitative estimate of drug-likeness (QED) is 0.746. The molecule has 0 saturated heterocycles. The maximum atomic E-state index is 6.27. The molecule has 2 aromatic heterocycles. The molecule has 0 radical (unpaired) electrons. The minimum absolute atomic E-state index is 0.687. The van der Waals surface area contributed by atoms with Crippen LogP contribution in [0, 0.1) is 0 Å². The fourth-order valence-corrected chi connectivity index (χ4v) is 4.20. The number of rotatable bonds is 5. The van der Waals surface area contributed by atoms with Crippen LogP contribution in [0.3, 0.4) is 0 Å². The predicted molar refractivity (Wildman–Crippen MR) is 88.5 cm³/mol. The SMILES string of the molecule is Clc1ccccc1Sc1nc2sccn2c1CNC1CC1. The van der Waals surface area contributed by atoms with Gasteiger partial charge in [-0.1, -0.05) is 35.5 Å². The normalized spacial score (nSPS) is 14.9. The van der Waals surface area contributed by atoms with Crippen LogP contribution in [0.15, 0.2) is 45.8 Å². The van der Waals surface area contributed by atoms with Crippen LogP contribution in [0.1, 0.15) is 18.5 Å². The summed E-state index contributed by atoms with van der Waals surface area (Å²) in [7, 11) is 0. The van der Waals surface area contributed by atoms with Gasteiger partial charge in [0.25, 0.3) is 0 Å². The van der Waals surface area contributed by atoms with E-state index in [4.69, 9.17) is 16.6 Å². The molecular weight excluding hydrogens is 322 g/mol. The Labute approximate surface area is 136 Å². The molecule has 2 heterocycles. The number of halogens is 1. The standard InChI is InChI=1S/C15H14ClN3S2/c16-11-3-1-2-4-13(11)21-14-12(9-17-10-5-6-10)19-7-8-20-15(19)18-14/h1-4,7-8,10,17H,5-6,9H2. The third-order valence-electron chi connectivity index (χ3n) is 3.50. The van der Waals surface area contributed by atoms with E-state index in [1.807, 2.05) is 24.3 Å². The van der Waals surface area contributed by atoms with Gasteiger partial charge in [0.1, 0.15) is 5.03 Å². The van der Waals surface area contributed by atoms with Gasteiger partial charge in [-0.25, -0.2) is 4.98 Å². The number of nitrogens with one attached hydrogen (secondary N) is 1. The number of imidazole rings is 1. The number of hydrogen-bond acceptors (Lipinski definition) is 4. The summed E-state index contributed by atoms with van der Waals surface area (Å²) in [4.78, 5) is 6.85. The fourth-order valence-electron chi connectivity index (χ4n) is 2.22. The molecule has 108 valence electrons. The number of benzene rings is 1. The van der Waals surface area contributed by atoms with Gasteiger partial charge in [-0.2, -0.15) is 0 Å². The summed E-state index contributed by atoms with van der Waals surface area (Å²) in [5.74, 6) is 0. The van der Waals surface area contributed by atoms with Gasteiger partial charge in [-0.05, 0) is 25.0 Å². The van der Waals surface area contributed by atoms with Crippen molar-refractivity contribution < 1.29 is 0 Å². The largest absolute Gasteiger partial charge is 0.308 e. The summed E-state index contributed by atoms with van der Waals surface area (Å²) in [5, 5.41) is 7.48. The lowest BCUT2D eigenvalue weighted by Crippen LogP contribution is -2.16. The molecule has 0 atom stereocenters. The Bertz CT molecular complexity index is 776. The lowest BCUT2D eigenvalue weighted by molar-refractivity contribution is 0.661. The van der Waals surface area contributed by atoms with Crippen molar-refractivity contribution in [2.75, 3.05) is 0 Å². The van der Waals surface area contributed by atoms with E-state index in [0.717, 1.165) is 26.4 Å². The van der Waals surface area contributed by atoms with Crippen LogP contribution in [0.25, 0.3) is 4.96 Å². The van der Waals surface area contributed by atoms with Gasteiger partial charge in [-0.3, -0.25) is 4.40 Å². The summed E-state index contributed by atoms with van der Waals surface area (Å²) in [6.45, 7) is 0.857. The van der Waals surface area contributed by atoms with E-state index in [2.05, 4.69) is 21.3 Å². The van der Waals surface area contributed by atoms with Crippen molar-refractivity contribution in [1.82, 2.24) is 14.7 Å². The number of fused-ring (bicyclic) bond motifs is 1. The number of hydrogen-bond donors (Lipinski definition) is 1. The van der Waals surface area contributed by atoms with Gasteiger partial charge in [0.15, 0.2) is 4.96 Å². The molecule has 0 amide bonds. The Morgan fingerprint density at radius 1 is 1.38 bits per heavy atom. The van der Waals surface area contributed by atoms with E-state index in [-0.39, 0.29) is 0 Å². The highest BCUT2D eigenvalue weighted by molar-refractivity contribution is 7.99. The second-order valence-corrected chi connectivity index (χ2v) is 7.42. The third-order valence-corrected chi connectivity index (χ3v) is 5.80. The Morgan fingerprint density at radius 3 is 3.05 bits per heavy atom. The lowest BCUT2D eigenvalue weighted by Gasteiger charge is -2.06. The molecule has 3 nitrogen and oxygen atoms in total. The van der Waals surface area contributed by atoms with Crippen LogP contribution in [-0.2, 0) is 6.54 Å². The van der Waals surface area contributed by atoms with Crippen LogP contribution in [0.2, 0.25) is 5.02 Å². The molecule has 0 spiro atoms. The Balaban J connectivity index is 1.67. The van der Waals surface area contributed by atoms with E-state index in [1.165, 1.54) is 18.5 Å². The van der Waals surface area contributed by atoms with Crippen LogP contribution in [0.4, 0.5) is 0 Å². The average Bonchev–Trinajstić information content (AvgIpc) is 3.10. The van der Waals surface area contributed by atoms with Crippen LogP contribution >= 0.6 is 34.7 Å². The second-order valence-electron chi connectivity index (χ2n) is 5.11. The summed E-state index contributed by atoms with van der Waals surface area (Å²) in [6, 6.07) is 8.61. The van der Waals surface area contributed by atoms with E-state index in [9.17, 15) is 0 Å². The van der Waals surface area contributed by atoms with Gasteiger partial charge in [0, 0.05) is 29.1 Å². The van der Waals surface area contributed by atoms with Crippen molar-refractivity contribution in [2.45, 2.75) is 35.3 Å². The summed E-state index contributed by atoms with van der Waals surface area (Å²) in [6.07, 6.45) is 4.67. The molecule has 1 fully saturated rings. The molecule has 0 unspecified atom stereocenters. The van der Waals surface area contributed by atoms with Crippen molar-refractivity contribution in [3.8, 4) is 0 Å². The fraction of sp³-hybridized carbons (Fsp3) is 0.267. The number of nitrogens with zero attached hydrogens (tertiary/aromatic N) is 2. The van der Waals surface area contributed by atoms with Gasteiger partial charge in [0.05, 0.1) is 10.7 Å². The Hall–Kier alpha value is -1.01. The molecular formula is C15H14ClN3S2. The molecule has 0 aliphatic heterocycles. The predicted octanol–water partition coefficient (Wildman–Crippen LogP) is 4.45. The van der Waals surface area contributed by atoms with Crippen molar-refractivity contribution in [1.29, 1.82) is 0 Å². The van der Waals surface area contributed by atoms with Crippen molar-refractivity contribution in [2.24, 2.45) is 0 Å². The zero-order chi connectivity index (χ0) is 14.2. The zero-order valence-corrected chi connectivity index (χ0v) is 13.6. The van der Waals surface area contributed by atoms with E-state index in [1.54, 1.807) is 23.1 Å². The maximum Gasteiger partial charge on any atom is 0.194 e. The molecule has 4 rings (SSSR count). The highest BCUT2D eigenvalue weighted by atomic mass is 35.5. The van der Waals surface area contributed by atoms with Gasteiger partial charge in [0.2, 0.25) is 0 Å². The van der Waals surface area contributed by atoms with Crippen LogP contribution in [0.5, 0.6) is 0 Å². The summed E-state index contributed by atoms with van der Waals surface area (Å²) >= 11 is 9.58. The molecule has 6 heteroatoms. The van der Waals surface area contributed by atoms with E-state index < -0.39 is 0 Å². The number of aromatic nitrogens is 2. The van der Waals surface area contributed by atoms with Crippen molar-refractivity contribution >= 4 is 39.7 Å². The van der Waals surface area contributed by atoms with E-state index in [0.29, 0.717) is 6.04 Å². The molecule has 1 aliphatic carbocycles. The van der Waals surface area contributed by atoms with Gasteiger partial charge >= 0.3 is 0 Å². The molecule has 21 heavy (non-hydrogen) atoms. The topological polar surface area (TPSA) is 29.3 Å². The molecule has 1 N–H and O–H groups in total. The first-order valence-corrected chi connectivity index (χ1v) is 8.99. The minimum Gasteiger partial charge on any atom is -0.308 e. The van der Waals surface area contributed by atoms with Crippen LogP contribution < -0.4 is 5.32 Å². The first kappa shape index (κ1) is 13.6. The zero-order valence-electron chi connectivity index (χ0n) is 11.3. The third kappa shape index (κ3) is 2.83. The lowest BCUT2D eigenvalue weighted by atomic mass is 10.4. The molecule has 1 aliphatic rings. The first-order valence-electron chi connectivity index (χ1n) is 6.91. The average molecular weight is 336 g/mol. The second kappa shape index (κ2) is 5.65. The molecule has 1 aromatic carbocycles. The highest BCUT2D eigenvalue weighted by Crippen LogP contribution is 2.35. The van der Waals surface area contributed by atoms with Crippen LogP contribution in [-0.4, -0.2) is 15.4 Å². The minimum atomic E-state index is 0.687. The molecule has 3 aromatic rings. The molecule has 0 bridgehead atoms. The highest BCUT2D eigenvalue weighted by Gasteiger charge is 2.22. The first-order chi connectivity index (χ1) is 10.3. The molecule has 1 saturated carbocycles. The monoisotopic (exact) mass is 335 g/mol. The van der Waals surface area contributed by atoms with Crippen molar-refractivity contribution in [3.05, 3.63) is 46.6 Å². The summed E-state index contributed by atoms with van der Waals surface area (Å²) < 4.78 is 2.18. The maximum absolute atomic E-state index is 6.27. The van der Waals surface area contributed by atoms with Gasteiger partial charge in [-0.15, -0.1) is 11.3 Å². The smallest absolute Gasteiger partial charge is 0.194 e.